The van der Waals surface area contributed by atoms with E-state index in [4.69, 9.17) is 39.9 Å². The number of carbonyl (C=O) groups is 1. The highest BCUT2D eigenvalue weighted by atomic mass is 35.5. The van der Waals surface area contributed by atoms with Crippen LogP contribution < -0.4 is 5.32 Å². The normalized spacial score (nSPS) is 11.9. The summed E-state index contributed by atoms with van der Waals surface area (Å²) >= 11 is 17.3. The summed E-state index contributed by atoms with van der Waals surface area (Å²) in [5, 5.41) is 21.3. The summed E-state index contributed by atoms with van der Waals surface area (Å²) < 4.78 is 61.8. The second kappa shape index (κ2) is 11.8. The van der Waals surface area contributed by atoms with E-state index < -0.39 is 37.7 Å². The lowest BCUT2D eigenvalue weighted by molar-refractivity contribution is -0.137. The zero-order valence-electron chi connectivity index (χ0n) is 18.0. The van der Waals surface area contributed by atoms with Crippen molar-refractivity contribution in [1.82, 2.24) is 0 Å². The van der Waals surface area contributed by atoms with E-state index in [1.807, 2.05) is 12.2 Å². The first-order valence-electron chi connectivity index (χ1n) is 9.53. The van der Waals surface area contributed by atoms with Crippen molar-refractivity contribution in [2.24, 2.45) is 5.16 Å². The summed E-state index contributed by atoms with van der Waals surface area (Å²) in [5.41, 5.74) is -0.128. The van der Waals surface area contributed by atoms with E-state index >= 15 is 0 Å². The van der Waals surface area contributed by atoms with Gasteiger partial charge in [-0.1, -0.05) is 63.7 Å². The number of oxime groups is 1. The first-order chi connectivity index (χ1) is 16.7. The van der Waals surface area contributed by atoms with Gasteiger partial charge in [0.1, 0.15) is 0 Å². The Labute approximate surface area is 218 Å². The molecule has 192 valence electrons. The molecule has 3 N–H and O–H groups in total. The summed E-state index contributed by atoms with van der Waals surface area (Å²) in [6.45, 7) is 1.84. The van der Waals surface area contributed by atoms with E-state index in [1.54, 1.807) is 18.2 Å². The van der Waals surface area contributed by atoms with Gasteiger partial charge in [0.25, 0.3) is 0 Å². The number of rotatable bonds is 3. The van der Waals surface area contributed by atoms with Gasteiger partial charge in [-0.2, -0.15) is 13.2 Å². The zero-order chi connectivity index (χ0) is 27.3. The second-order valence-corrected chi connectivity index (χ2v) is 10.0. The van der Waals surface area contributed by atoms with Gasteiger partial charge in [0, 0.05) is 5.69 Å². The van der Waals surface area contributed by atoms with E-state index in [1.165, 1.54) is 24.3 Å². The Hall–Kier alpha value is -2.99. The molecule has 3 aromatic rings. The molecule has 0 atom stereocenters. The third-order valence-electron chi connectivity index (χ3n) is 4.38. The molecule has 0 bridgehead atoms. The van der Waals surface area contributed by atoms with Crippen LogP contribution in [-0.4, -0.2) is 29.9 Å². The third kappa shape index (κ3) is 7.26. The van der Waals surface area contributed by atoms with Crippen molar-refractivity contribution in [2.75, 3.05) is 5.32 Å². The van der Waals surface area contributed by atoms with E-state index in [0.29, 0.717) is 6.07 Å². The van der Waals surface area contributed by atoms with Crippen LogP contribution in [0.2, 0.25) is 15.1 Å². The number of hydrogen-bond acceptors (Lipinski definition) is 5. The second-order valence-electron chi connectivity index (χ2n) is 6.94. The van der Waals surface area contributed by atoms with Gasteiger partial charge in [0.05, 0.1) is 31.1 Å². The van der Waals surface area contributed by atoms with Gasteiger partial charge in [-0.05, 0) is 49.4 Å². The molecule has 0 spiro atoms. The van der Waals surface area contributed by atoms with Gasteiger partial charge in [-0.25, -0.2) is 13.2 Å². The number of carboxylic acid groups (broad SMARTS) is 1. The Bertz CT molecular complexity index is 1380. The van der Waals surface area contributed by atoms with Crippen molar-refractivity contribution in [3.63, 3.8) is 0 Å². The average molecular weight is 584 g/mol. The lowest BCUT2D eigenvalue weighted by Crippen LogP contribution is -2.17. The minimum absolute atomic E-state index is 0.00288. The number of nitrogens with one attached hydrogen (secondary N) is 1. The number of anilines is 1. The number of halogens is 6. The maximum atomic E-state index is 12.6. The molecular weight excluding hydrogens is 568 g/mol. The summed E-state index contributed by atoms with van der Waals surface area (Å²) in [5.74, 6) is 0. The van der Waals surface area contributed by atoms with Gasteiger partial charge in [-0.15, -0.1) is 0 Å². The number of hydrogen-bond donors (Lipinski definition) is 3. The Morgan fingerprint density at radius 3 is 1.94 bits per heavy atom. The number of aryl methyl sites for hydroxylation is 1. The fourth-order valence-electron chi connectivity index (χ4n) is 2.72. The lowest BCUT2D eigenvalue weighted by Gasteiger charge is -2.10. The van der Waals surface area contributed by atoms with Gasteiger partial charge < -0.3 is 10.3 Å². The average Bonchev–Trinajstić information content (AvgIpc) is 2.75. The highest BCUT2D eigenvalue weighted by Crippen LogP contribution is 2.35. The van der Waals surface area contributed by atoms with Gasteiger partial charge >= 0.3 is 12.3 Å². The van der Waals surface area contributed by atoms with Crippen molar-refractivity contribution in [3.8, 4) is 0 Å². The summed E-state index contributed by atoms with van der Waals surface area (Å²) in [7, 11) is -4.03. The summed E-state index contributed by atoms with van der Waals surface area (Å²) in [4.78, 5) is 10.2. The van der Waals surface area contributed by atoms with Crippen LogP contribution in [0.15, 0.2) is 70.7 Å². The number of benzene rings is 3. The van der Waals surface area contributed by atoms with Crippen LogP contribution in [0, 0.1) is 6.92 Å². The number of nitrogens with zero attached hydrogens (tertiary/aromatic N) is 1. The molecule has 0 radical (unpaired) electrons. The first kappa shape index (κ1) is 29.2. The quantitative estimate of drug-likeness (QED) is 0.129. The molecule has 3 rings (SSSR count). The molecule has 1 amide bonds. The van der Waals surface area contributed by atoms with Crippen LogP contribution in [0.1, 0.15) is 16.7 Å². The number of sulfone groups is 1. The molecule has 3 aromatic carbocycles. The monoisotopic (exact) mass is 582 g/mol. The standard InChI is InChI=1S/C14H11Cl2NO3S.C8H5ClF3NO2/c1-9-5-7-10(8-6-9)21(19,20)14(17-18)13-11(15)3-2-4-12(13)16;9-6-3-4(13-7(14)15)1-2-5(6)8(10,11)12/h2-8,18H,1H3;1-3,13H,(H,14,15). The molecule has 0 heterocycles. The first-order valence-corrected chi connectivity index (χ1v) is 12.1. The fourth-order valence-corrected chi connectivity index (χ4v) is 5.01. The van der Waals surface area contributed by atoms with Gasteiger partial charge in [-0.3, -0.25) is 5.32 Å². The molecular formula is C22H16Cl3F3N2O5S. The van der Waals surface area contributed by atoms with Crippen LogP contribution in [0.5, 0.6) is 0 Å². The molecule has 0 aromatic heterocycles. The smallest absolute Gasteiger partial charge is 0.417 e. The van der Waals surface area contributed by atoms with Crippen molar-refractivity contribution < 1.29 is 36.7 Å². The van der Waals surface area contributed by atoms with Crippen LogP contribution in [-0.2, 0) is 16.0 Å². The Morgan fingerprint density at radius 1 is 0.944 bits per heavy atom. The molecule has 0 saturated carbocycles. The topological polar surface area (TPSA) is 116 Å². The molecule has 0 saturated heterocycles. The van der Waals surface area contributed by atoms with Gasteiger partial charge in [0.15, 0.2) is 0 Å². The van der Waals surface area contributed by atoms with Crippen molar-refractivity contribution in [1.29, 1.82) is 0 Å². The lowest BCUT2D eigenvalue weighted by atomic mass is 10.2. The van der Waals surface area contributed by atoms with Crippen LogP contribution in [0.25, 0.3) is 0 Å². The van der Waals surface area contributed by atoms with Crippen LogP contribution >= 0.6 is 34.8 Å². The summed E-state index contributed by atoms with van der Waals surface area (Å²) in [6.07, 6.45) is -5.91. The van der Waals surface area contributed by atoms with Crippen LogP contribution in [0.3, 0.4) is 0 Å². The van der Waals surface area contributed by atoms with Gasteiger partial charge in [0.2, 0.25) is 14.9 Å². The van der Waals surface area contributed by atoms with Crippen molar-refractivity contribution in [3.05, 3.63) is 92.4 Å². The van der Waals surface area contributed by atoms with E-state index in [0.717, 1.165) is 17.7 Å². The SMILES string of the molecule is Cc1ccc(S(=O)(=O)C(=NO)c2c(Cl)cccc2Cl)cc1.O=C(O)Nc1ccc(C(F)(F)F)c(Cl)c1. The van der Waals surface area contributed by atoms with Crippen LogP contribution in [0.4, 0.5) is 23.7 Å². The minimum Gasteiger partial charge on any atom is -0.465 e. The molecule has 7 nitrogen and oxygen atoms in total. The predicted molar refractivity (Wildman–Crippen MR) is 131 cm³/mol. The largest absolute Gasteiger partial charge is 0.465 e. The van der Waals surface area contributed by atoms with Crippen molar-refractivity contribution in [2.45, 2.75) is 18.0 Å². The van der Waals surface area contributed by atoms with E-state index in [2.05, 4.69) is 5.16 Å². The Kier molecular flexibility index (Phi) is 9.61. The molecule has 36 heavy (non-hydrogen) atoms. The molecule has 0 fully saturated rings. The predicted octanol–water partition coefficient (Wildman–Crippen LogP) is 7.36. The molecule has 0 aliphatic carbocycles. The highest BCUT2D eigenvalue weighted by molar-refractivity contribution is 8.07. The molecule has 0 aliphatic heterocycles. The summed E-state index contributed by atoms with van der Waals surface area (Å²) in [6, 6.07) is 13.3. The fraction of sp³-hybridized carbons (Fsp3) is 0.0909. The van der Waals surface area contributed by atoms with Crippen molar-refractivity contribution >= 4 is 61.5 Å². The molecule has 0 unspecified atom stereocenters. The van der Waals surface area contributed by atoms with E-state index in [9.17, 15) is 31.6 Å². The number of alkyl halides is 3. The third-order valence-corrected chi connectivity index (χ3v) is 7.01. The molecule has 14 heteroatoms. The Balaban J connectivity index is 0.000000269. The Morgan fingerprint density at radius 2 is 1.50 bits per heavy atom. The van der Waals surface area contributed by atoms with E-state index in [-0.39, 0.29) is 26.2 Å². The maximum Gasteiger partial charge on any atom is 0.417 e. The maximum absolute atomic E-state index is 12.6. The minimum atomic E-state index is -4.54. The molecule has 0 aliphatic rings. The number of amides is 1. The highest BCUT2D eigenvalue weighted by Gasteiger charge is 2.33. The zero-order valence-corrected chi connectivity index (χ0v) is 21.1.